The summed E-state index contributed by atoms with van der Waals surface area (Å²) in [6.07, 6.45) is 3.69. The monoisotopic (exact) mass is 305 g/mol. The molecule has 0 aliphatic rings. The fourth-order valence-electron chi connectivity index (χ4n) is 2.17. The van der Waals surface area contributed by atoms with Crippen molar-refractivity contribution < 1.29 is 9.90 Å². The number of aliphatic carboxylic acids is 1. The Morgan fingerprint density at radius 1 is 1.57 bits per heavy atom. The third kappa shape index (κ3) is 3.32. The molecule has 1 unspecified atom stereocenters. The maximum Gasteiger partial charge on any atom is 0.331 e. The fraction of sp³-hybridized carbons (Fsp3) is 0.200. The molecule has 3 N–H and O–H groups in total. The van der Waals surface area contributed by atoms with Gasteiger partial charge in [-0.05, 0) is 18.1 Å². The average Bonchev–Trinajstić information content (AvgIpc) is 2.84. The number of nitrogens with zero attached hydrogens (tertiary/aromatic N) is 2. The van der Waals surface area contributed by atoms with Gasteiger partial charge in [0.15, 0.2) is 0 Å². The van der Waals surface area contributed by atoms with E-state index in [9.17, 15) is 4.79 Å². The number of aryl methyl sites for hydroxylation is 1. The normalized spacial score (nSPS) is 12.1. The summed E-state index contributed by atoms with van der Waals surface area (Å²) in [4.78, 5) is 10.9. The van der Waals surface area contributed by atoms with Gasteiger partial charge in [-0.25, -0.2) is 4.79 Å². The molecule has 0 bridgehead atoms. The first kappa shape index (κ1) is 15.3. The number of benzene rings is 1. The van der Waals surface area contributed by atoms with Gasteiger partial charge in [-0.15, -0.1) is 0 Å². The van der Waals surface area contributed by atoms with Gasteiger partial charge >= 0.3 is 5.97 Å². The third-order valence-electron chi connectivity index (χ3n) is 3.21. The Morgan fingerprint density at radius 3 is 2.86 bits per heavy atom. The highest BCUT2D eigenvalue weighted by molar-refractivity contribution is 6.33. The lowest BCUT2D eigenvalue weighted by atomic mass is 9.93. The summed E-state index contributed by atoms with van der Waals surface area (Å²) >= 11 is 6.29. The van der Waals surface area contributed by atoms with Gasteiger partial charge < -0.3 is 10.8 Å². The molecule has 0 saturated heterocycles. The van der Waals surface area contributed by atoms with Gasteiger partial charge in [0, 0.05) is 41.0 Å². The van der Waals surface area contributed by atoms with Gasteiger partial charge in [0.25, 0.3) is 0 Å². The van der Waals surface area contributed by atoms with Crippen molar-refractivity contribution in [1.82, 2.24) is 9.78 Å². The van der Waals surface area contributed by atoms with Gasteiger partial charge in [-0.3, -0.25) is 4.68 Å². The Kier molecular flexibility index (Phi) is 4.45. The van der Waals surface area contributed by atoms with Gasteiger partial charge in [-0.1, -0.05) is 30.3 Å². The number of hydrogen-bond acceptors (Lipinski definition) is 3. The van der Waals surface area contributed by atoms with Crippen LogP contribution in [0.15, 0.2) is 42.7 Å². The van der Waals surface area contributed by atoms with Crippen molar-refractivity contribution >= 4 is 17.6 Å². The first-order chi connectivity index (χ1) is 9.90. The van der Waals surface area contributed by atoms with Crippen molar-refractivity contribution in [3.05, 3.63) is 53.3 Å². The van der Waals surface area contributed by atoms with E-state index in [4.69, 9.17) is 22.4 Å². The summed E-state index contributed by atoms with van der Waals surface area (Å²) in [5.41, 5.74) is 8.60. The molecule has 110 valence electrons. The van der Waals surface area contributed by atoms with Crippen LogP contribution in [0.1, 0.15) is 18.0 Å². The number of carboxylic acid groups (broad SMARTS) is 1. The van der Waals surface area contributed by atoms with Crippen LogP contribution in [0.2, 0.25) is 5.02 Å². The van der Waals surface area contributed by atoms with E-state index in [-0.39, 0.29) is 12.0 Å². The lowest BCUT2D eigenvalue weighted by Gasteiger charge is -2.17. The van der Waals surface area contributed by atoms with Crippen LogP contribution in [0.5, 0.6) is 0 Å². The van der Waals surface area contributed by atoms with Crippen LogP contribution in [0.3, 0.4) is 0 Å². The fourth-order valence-corrected chi connectivity index (χ4v) is 2.46. The van der Waals surface area contributed by atoms with Crippen LogP contribution in [-0.2, 0) is 11.8 Å². The van der Waals surface area contributed by atoms with E-state index in [0.717, 1.165) is 16.7 Å². The largest absolute Gasteiger partial charge is 0.478 e. The van der Waals surface area contributed by atoms with Crippen LogP contribution >= 0.6 is 11.6 Å². The smallest absolute Gasteiger partial charge is 0.331 e. The number of rotatable bonds is 5. The molecule has 2 aromatic rings. The zero-order valence-corrected chi connectivity index (χ0v) is 12.3. The van der Waals surface area contributed by atoms with Crippen molar-refractivity contribution in [2.45, 2.75) is 12.5 Å². The molecule has 0 spiro atoms. The molecule has 0 aliphatic heterocycles. The molecule has 1 aromatic heterocycles. The molecule has 1 heterocycles. The number of carboxylic acids is 1. The van der Waals surface area contributed by atoms with Crippen molar-refractivity contribution in [2.75, 3.05) is 0 Å². The Bertz CT molecular complexity index is 694. The number of halogens is 1. The maximum absolute atomic E-state index is 10.9. The van der Waals surface area contributed by atoms with Crippen LogP contribution in [-0.4, -0.2) is 20.9 Å². The minimum Gasteiger partial charge on any atom is -0.478 e. The van der Waals surface area contributed by atoms with E-state index in [1.54, 1.807) is 23.0 Å². The van der Waals surface area contributed by atoms with E-state index in [0.29, 0.717) is 5.02 Å². The predicted molar refractivity (Wildman–Crippen MR) is 82.0 cm³/mol. The van der Waals surface area contributed by atoms with Crippen LogP contribution < -0.4 is 5.73 Å². The Labute approximate surface area is 127 Å². The lowest BCUT2D eigenvalue weighted by Crippen LogP contribution is -2.15. The van der Waals surface area contributed by atoms with E-state index >= 15 is 0 Å². The van der Waals surface area contributed by atoms with Crippen molar-refractivity contribution in [3.63, 3.8) is 0 Å². The number of hydrogen-bond donors (Lipinski definition) is 2. The third-order valence-corrected chi connectivity index (χ3v) is 3.52. The highest BCUT2D eigenvalue weighted by atomic mass is 35.5. The highest BCUT2D eigenvalue weighted by Gasteiger charge is 2.18. The quantitative estimate of drug-likeness (QED) is 0.832. The summed E-state index contributed by atoms with van der Waals surface area (Å²) in [6, 6.07) is 4.91. The molecule has 0 fully saturated rings. The molecule has 21 heavy (non-hydrogen) atoms. The molecular formula is C15H16ClN3O2. The topological polar surface area (TPSA) is 81.1 Å². The summed E-state index contributed by atoms with van der Waals surface area (Å²) < 4.78 is 1.67. The molecule has 0 radical (unpaired) electrons. The van der Waals surface area contributed by atoms with Crippen molar-refractivity contribution in [2.24, 2.45) is 12.8 Å². The molecule has 0 amide bonds. The molecule has 2 rings (SSSR count). The summed E-state index contributed by atoms with van der Waals surface area (Å²) in [5.74, 6) is -1.05. The van der Waals surface area contributed by atoms with Crippen molar-refractivity contribution in [1.29, 1.82) is 0 Å². The Hall–Kier alpha value is -2.11. The van der Waals surface area contributed by atoms with Gasteiger partial charge in [-0.2, -0.15) is 5.10 Å². The first-order valence-electron chi connectivity index (χ1n) is 6.34. The van der Waals surface area contributed by atoms with E-state index < -0.39 is 12.0 Å². The summed E-state index contributed by atoms with van der Waals surface area (Å²) in [6.45, 7) is 3.52. The van der Waals surface area contributed by atoms with Crippen LogP contribution in [0, 0.1) is 0 Å². The Morgan fingerprint density at radius 2 is 2.29 bits per heavy atom. The zero-order valence-electron chi connectivity index (χ0n) is 11.6. The zero-order chi connectivity index (χ0) is 15.6. The second-order valence-electron chi connectivity index (χ2n) is 4.83. The molecule has 1 aromatic carbocycles. The number of aromatic nitrogens is 2. The van der Waals surface area contributed by atoms with Gasteiger partial charge in [0.2, 0.25) is 0 Å². The van der Waals surface area contributed by atoms with Gasteiger partial charge in [0.1, 0.15) is 0 Å². The molecule has 0 aliphatic carbocycles. The minimum atomic E-state index is -1.05. The summed E-state index contributed by atoms with van der Waals surface area (Å²) in [7, 11) is 1.81. The minimum absolute atomic E-state index is 0.0691. The SMILES string of the molecule is C=C(CC(N)c1cccc(Cl)c1-c1cnn(C)c1)C(=O)O. The van der Waals surface area contributed by atoms with Crippen molar-refractivity contribution in [3.8, 4) is 11.1 Å². The molecule has 5 nitrogen and oxygen atoms in total. The number of carbonyl (C=O) groups is 1. The maximum atomic E-state index is 10.9. The standard InChI is InChI=1S/C15H16ClN3O2/c1-9(15(20)21)6-13(17)11-4-3-5-12(16)14(11)10-7-18-19(2)8-10/h3-5,7-8,13H,1,6,17H2,2H3,(H,20,21). The molecule has 1 atom stereocenters. The van der Waals surface area contributed by atoms with E-state index in [1.807, 2.05) is 19.3 Å². The van der Waals surface area contributed by atoms with Gasteiger partial charge in [0.05, 0.1) is 6.20 Å². The highest BCUT2D eigenvalue weighted by Crippen LogP contribution is 2.35. The average molecular weight is 306 g/mol. The second kappa shape index (κ2) is 6.11. The Balaban J connectivity index is 2.42. The predicted octanol–water partition coefficient (Wildman–Crippen LogP) is 2.77. The van der Waals surface area contributed by atoms with Crippen LogP contribution in [0.25, 0.3) is 11.1 Å². The first-order valence-corrected chi connectivity index (χ1v) is 6.72. The lowest BCUT2D eigenvalue weighted by molar-refractivity contribution is -0.132. The molecular weight excluding hydrogens is 290 g/mol. The van der Waals surface area contributed by atoms with E-state index in [1.165, 1.54) is 0 Å². The summed E-state index contributed by atoms with van der Waals surface area (Å²) in [5, 5.41) is 13.6. The number of nitrogens with two attached hydrogens (primary N) is 1. The molecule has 0 saturated carbocycles. The van der Waals surface area contributed by atoms with Crippen LogP contribution in [0.4, 0.5) is 0 Å². The van der Waals surface area contributed by atoms with E-state index in [2.05, 4.69) is 11.7 Å². The molecule has 6 heteroatoms. The second-order valence-corrected chi connectivity index (χ2v) is 5.23.